The van der Waals surface area contributed by atoms with Crippen LogP contribution in [0.4, 0.5) is 0 Å². The Morgan fingerprint density at radius 1 is 1.33 bits per heavy atom. The summed E-state index contributed by atoms with van der Waals surface area (Å²) in [5, 5.41) is 0. The van der Waals surface area contributed by atoms with Gasteiger partial charge in [0.05, 0.1) is 12.2 Å². The predicted octanol–water partition coefficient (Wildman–Crippen LogP) is 5.07. The second-order valence-electron chi connectivity index (χ2n) is 7.51. The van der Waals surface area contributed by atoms with E-state index in [1.807, 2.05) is 19.1 Å². The average Bonchev–Trinajstić information content (AvgIpc) is 2.33. The van der Waals surface area contributed by atoms with Gasteiger partial charge in [-0.05, 0) is 55.2 Å². The number of hydrogen-bond acceptors (Lipinski definition) is 2. The summed E-state index contributed by atoms with van der Waals surface area (Å²) >= 11 is 3.54. The van der Waals surface area contributed by atoms with Crippen LogP contribution in [0.1, 0.15) is 58.6 Å². The van der Waals surface area contributed by atoms with Gasteiger partial charge in [-0.25, -0.2) is 0 Å². The zero-order valence-electron chi connectivity index (χ0n) is 13.6. The van der Waals surface area contributed by atoms with Gasteiger partial charge in [-0.1, -0.05) is 48.8 Å². The SMILES string of the molecule is CC1CC(OC(c2cccc(Br)c2)C(C)N)CC(C)(C)C1. The standard InChI is InChI=1S/C18H28BrNO/c1-12-8-16(11-18(3,4)10-12)21-17(13(2)20)14-6-5-7-15(19)9-14/h5-7,9,12-13,16-17H,8,10-11,20H2,1-4H3. The Balaban J connectivity index is 2.13. The molecule has 21 heavy (non-hydrogen) atoms. The lowest BCUT2D eigenvalue weighted by Gasteiger charge is -2.40. The van der Waals surface area contributed by atoms with Crippen LogP contribution in [-0.4, -0.2) is 12.1 Å². The summed E-state index contributed by atoms with van der Waals surface area (Å²) in [5.41, 5.74) is 7.72. The molecule has 0 radical (unpaired) electrons. The number of nitrogens with two attached hydrogens (primary N) is 1. The molecule has 1 fully saturated rings. The highest BCUT2D eigenvalue weighted by Gasteiger charge is 2.34. The van der Waals surface area contributed by atoms with Gasteiger partial charge in [0.1, 0.15) is 0 Å². The topological polar surface area (TPSA) is 35.2 Å². The highest BCUT2D eigenvalue weighted by molar-refractivity contribution is 9.10. The van der Waals surface area contributed by atoms with E-state index in [-0.39, 0.29) is 12.1 Å². The van der Waals surface area contributed by atoms with Crippen molar-refractivity contribution in [2.75, 3.05) is 0 Å². The maximum absolute atomic E-state index is 6.45. The summed E-state index contributed by atoms with van der Waals surface area (Å²) in [7, 11) is 0. The van der Waals surface area contributed by atoms with E-state index in [9.17, 15) is 0 Å². The van der Waals surface area contributed by atoms with Crippen LogP contribution in [0.15, 0.2) is 28.7 Å². The summed E-state index contributed by atoms with van der Waals surface area (Å²) in [5.74, 6) is 0.718. The van der Waals surface area contributed by atoms with Crippen LogP contribution < -0.4 is 5.73 Å². The molecule has 0 aromatic heterocycles. The maximum Gasteiger partial charge on any atom is 0.0977 e. The summed E-state index contributed by atoms with van der Waals surface area (Å²) < 4.78 is 7.53. The van der Waals surface area contributed by atoms with Gasteiger partial charge in [-0.15, -0.1) is 0 Å². The molecule has 0 bridgehead atoms. The summed E-state index contributed by atoms with van der Waals surface area (Å²) in [6.07, 6.45) is 3.81. The molecule has 4 atom stereocenters. The Bertz CT molecular complexity index is 472. The molecule has 2 nitrogen and oxygen atoms in total. The minimum atomic E-state index is -0.0337. The Morgan fingerprint density at radius 2 is 2.05 bits per heavy atom. The number of ether oxygens (including phenoxy) is 1. The number of rotatable bonds is 4. The third-order valence-electron chi connectivity index (χ3n) is 4.34. The molecule has 1 aliphatic rings. The molecule has 1 aromatic rings. The second kappa shape index (κ2) is 6.80. The van der Waals surface area contributed by atoms with Crippen molar-refractivity contribution in [2.45, 2.75) is 65.2 Å². The first-order valence-electron chi connectivity index (χ1n) is 7.93. The lowest BCUT2D eigenvalue weighted by Crippen LogP contribution is -2.37. The molecule has 1 aliphatic carbocycles. The van der Waals surface area contributed by atoms with E-state index < -0.39 is 0 Å². The van der Waals surface area contributed by atoms with E-state index in [1.165, 1.54) is 6.42 Å². The first kappa shape index (κ1) is 17.0. The zero-order chi connectivity index (χ0) is 15.6. The molecule has 0 aliphatic heterocycles. The number of hydrogen-bond donors (Lipinski definition) is 1. The molecule has 2 rings (SSSR count). The van der Waals surface area contributed by atoms with E-state index in [0.29, 0.717) is 11.5 Å². The molecule has 118 valence electrons. The fraction of sp³-hybridized carbons (Fsp3) is 0.667. The fourth-order valence-corrected chi connectivity index (χ4v) is 4.18. The van der Waals surface area contributed by atoms with Gasteiger partial charge in [0.2, 0.25) is 0 Å². The monoisotopic (exact) mass is 353 g/mol. The average molecular weight is 354 g/mol. The van der Waals surface area contributed by atoms with Crippen LogP contribution in [0.2, 0.25) is 0 Å². The molecule has 1 aromatic carbocycles. The molecular formula is C18H28BrNO. The van der Waals surface area contributed by atoms with E-state index in [0.717, 1.165) is 28.8 Å². The minimum Gasteiger partial charge on any atom is -0.369 e. The highest BCUT2D eigenvalue weighted by Crippen LogP contribution is 2.41. The van der Waals surface area contributed by atoms with Crippen molar-refractivity contribution in [3.63, 3.8) is 0 Å². The first-order chi connectivity index (χ1) is 9.77. The van der Waals surface area contributed by atoms with Gasteiger partial charge >= 0.3 is 0 Å². The van der Waals surface area contributed by atoms with Crippen LogP contribution in [-0.2, 0) is 4.74 Å². The number of benzene rings is 1. The summed E-state index contributed by atoms with van der Waals surface area (Å²) in [4.78, 5) is 0. The van der Waals surface area contributed by atoms with E-state index >= 15 is 0 Å². The van der Waals surface area contributed by atoms with Gasteiger partial charge in [0, 0.05) is 10.5 Å². The molecule has 0 heterocycles. The van der Waals surface area contributed by atoms with Crippen LogP contribution in [0, 0.1) is 11.3 Å². The van der Waals surface area contributed by atoms with Crippen LogP contribution in [0.3, 0.4) is 0 Å². The molecule has 2 N–H and O–H groups in total. The smallest absolute Gasteiger partial charge is 0.0977 e. The van der Waals surface area contributed by atoms with Gasteiger partial charge in [-0.3, -0.25) is 0 Å². The molecular weight excluding hydrogens is 326 g/mol. The van der Waals surface area contributed by atoms with Gasteiger partial charge in [0.15, 0.2) is 0 Å². The Morgan fingerprint density at radius 3 is 2.62 bits per heavy atom. The van der Waals surface area contributed by atoms with Crippen molar-refractivity contribution < 1.29 is 4.74 Å². The zero-order valence-corrected chi connectivity index (χ0v) is 15.2. The Kier molecular flexibility index (Phi) is 5.50. The van der Waals surface area contributed by atoms with Crippen molar-refractivity contribution in [3.8, 4) is 0 Å². The maximum atomic E-state index is 6.45. The van der Waals surface area contributed by atoms with Crippen molar-refractivity contribution in [1.82, 2.24) is 0 Å². The molecule has 3 heteroatoms. The molecule has 0 spiro atoms. The third-order valence-corrected chi connectivity index (χ3v) is 4.83. The predicted molar refractivity (Wildman–Crippen MR) is 92.2 cm³/mol. The lowest BCUT2D eigenvalue weighted by atomic mass is 9.71. The van der Waals surface area contributed by atoms with Crippen molar-refractivity contribution in [2.24, 2.45) is 17.1 Å². The van der Waals surface area contributed by atoms with Crippen molar-refractivity contribution >= 4 is 15.9 Å². The van der Waals surface area contributed by atoms with Crippen molar-refractivity contribution in [1.29, 1.82) is 0 Å². The van der Waals surface area contributed by atoms with E-state index in [1.54, 1.807) is 0 Å². The summed E-state index contributed by atoms with van der Waals surface area (Å²) in [6.45, 7) is 9.05. The second-order valence-corrected chi connectivity index (χ2v) is 8.42. The van der Waals surface area contributed by atoms with Crippen LogP contribution >= 0.6 is 15.9 Å². The summed E-state index contributed by atoms with van der Waals surface area (Å²) in [6, 6.07) is 8.29. The van der Waals surface area contributed by atoms with Crippen LogP contribution in [0.25, 0.3) is 0 Å². The van der Waals surface area contributed by atoms with Gasteiger partial charge in [-0.2, -0.15) is 0 Å². The number of halogens is 1. The molecule has 4 unspecified atom stereocenters. The Hall–Kier alpha value is -0.380. The highest BCUT2D eigenvalue weighted by atomic mass is 79.9. The largest absolute Gasteiger partial charge is 0.369 e. The third kappa shape index (κ3) is 4.80. The fourth-order valence-electron chi connectivity index (χ4n) is 3.76. The van der Waals surface area contributed by atoms with Gasteiger partial charge in [0.25, 0.3) is 0 Å². The van der Waals surface area contributed by atoms with E-state index in [4.69, 9.17) is 10.5 Å². The molecule has 0 amide bonds. The van der Waals surface area contributed by atoms with Crippen molar-refractivity contribution in [3.05, 3.63) is 34.3 Å². The lowest BCUT2D eigenvalue weighted by molar-refractivity contribution is -0.0738. The quantitative estimate of drug-likeness (QED) is 0.819. The van der Waals surface area contributed by atoms with Gasteiger partial charge < -0.3 is 10.5 Å². The first-order valence-corrected chi connectivity index (χ1v) is 8.72. The van der Waals surface area contributed by atoms with E-state index in [2.05, 4.69) is 48.8 Å². The molecule has 0 saturated heterocycles. The normalized spacial score (nSPS) is 28.1. The molecule has 1 saturated carbocycles. The van der Waals surface area contributed by atoms with Crippen LogP contribution in [0.5, 0.6) is 0 Å². The minimum absolute atomic E-state index is 0.0142. The Labute approximate surface area is 137 Å².